The van der Waals surface area contributed by atoms with Crippen molar-refractivity contribution >= 4 is 17.8 Å². The number of ether oxygens (including phenoxy) is 4. The highest BCUT2D eigenvalue weighted by Gasteiger charge is 2.48. The Morgan fingerprint density at radius 1 is 1.05 bits per heavy atom. The number of fused-ring (bicyclic) bond motifs is 1. The molecule has 0 aliphatic carbocycles. The number of amides is 2. The lowest BCUT2D eigenvalue weighted by molar-refractivity contribution is -0.146. The highest BCUT2D eigenvalue weighted by Crippen LogP contribution is 2.36. The van der Waals surface area contributed by atoms with E-state index >= 15 is 0 Å². The second-order valence-corrected chi connectivity index (χ2v) is 9.10. The zero-order chi connectivity index (χ0) is 27.2. The summed E-state index contributed by atoms with van der Waals surface area (Å²) in [5.74, 6) is -1.54. The summed E-state index contributed by atoms with van der Waals surface area (Å²) in [6, 6.07) is 5.65. The topological polar surface area (TPSA) is 146 Å². The Balaban J connectivity index is 1.52. The predicted octanol–water partition coefficient (Wildman–Crippen LogP) is 1.39. The summed E-state index contributed by atoms with van der Waals surface area (Å²) in [6.07, 6.45) is 1.55. The second kappa shape index (κ2) is 12.3. The first-order valence-electron chi connectivity index (χ1n) is 12.6. The number of benzene rings is 1. The molecule has 12 heteroatoms. The van der Waals surface area contributed by atoms with Crippen molar-refractivity contribution in [2.45, 2.75) is 58.1 Å². The lowest BCUT2D eigenvalue weighted by Crippen LogP contribution is -2.46. The number of imide groups is 1. The van der Waals surface area contributed by atoms with Gasteiger partial charge in [-0.3, -0.25) is 33.6 Å². The summed E-state index contributed by atoms with van der Waals surface area (Å²) in [6.45, 7) is 4.30. The van der Waals surface area contributed by atoms with Gasteiger partial charge in [0.1, 0.15) is 18.9 Å². The zero-order valence-electron chi connectivity index (χ0n) is 21.3. The summed E-state index contributed by atoms with van der Waals surface area (Å²) in [5, 5.41) is 0. The fourth-order valence-corrected chi connectivity index (χ4v) is 4.51. The number of unbranched alkanes of at least 4 members (excludes halogenated alkanes) is 1. The largest absolute Gasteiger partial charge is 0.463 e. The van der Waals surface area contributed by atoms with Crippen LogP contribution < -0.4 is 11.2 Å². The minimum atomic E-state index is -0.939. The molecule has 3 heterocycles. The third-order valence-electron chi connectivity index (χ3n) is 6.44. The van der Waals surface area contributed by atoms with Gasteiger partial charge in [0.05, 0.1) is 42.6 Å². The van der Waals surface area contributed by atoms with Crippen LogP contribution in [0.5, 0.6) is 0 Å². The van der Waals surface area contributed by atoms with Gasteiger partial charge in [-0.2, -0.15) is 0 Å². The van der Waals surface area contributed by atoms with Crippen LogP contribution in [0.25, 0.3) is 0 Å². The van der Waals surface area contributed by atoms with Gasteiger partial charge < -0.3 is 18.9 Å². The molecule has 4 rings (SSSR count). The minimum Gasteiger partial charge on any atom is -0.463 e. The number of aromatic amines is 1. The second-order valence-electron chi connectivity index (χ2n) is 9.10. The summed E-state index contributed by atoms with van der Waals surface area (Å²) < 4.78 is 23.3. The number of rotatable bonds is 12. The average Bonchev–Trinajstić information content (AvgIpc) is 3.41. The third kappa shape index (κ3) is 5.93. The number of nitrogens with zero attached hydrogens (tertiary/aromatic N) is 2. The Bertz CT molecular complexity index is 1270. The van der Waals surface area contributed by atoms with Crippen LogP contribution in [-0.2, 0) is 30.3 Å². The lowest BCUT2D eigenvalue weighted by atomic mass is 10.1. The average molecular weight is 530 g/mol. The van der Waals surface area contributed by atoms with Crippen LogP contribution in [0.3, 0.4) is 0 Å². The smallest absolute Gasteiger partial charge is 0.330 e. The van der Waals surface area contributed by atoms with E-state index < -0.39 is 47.4 Å². The van der Waals surface area contributed by atoms with E-state index in [1.165, 1.54) is 17.7 Å². The van der Waals surface area contributed by atoms with Crippen molar-refractivity contribution in [1.82, 2.24) is 14.5 Å². The number of nitrogens with one attached hydrogen (secondary N) is 1. The molecule has 1 fully saturated rings. The number of carbonyl (C=O) groups is 3. The zero-order valence-corrected chi connectivity index (χ0v) is 21.3. The molecule has 1 saturated heterocycles. The number of esters is 1. The van der Waals surface area contributed by atoms with E-state index in [2.05, 4.69) is 11.9 Å². The summed E-state index contributed by atoms with van der Waals surface area (Å²) in [5.41, 5.74) is -0.578. The molecule has 2 aliphatic rings. The van der Waals surface area contributed by atoms with Gasteiger partial charge in [0.2, 0.25) is 0 Å². The third-order valence-corrected chi connectivity index (χ3v) is 6.44. The molecule has 2 aromatic rings. The van der Waals surface area contributed by atoms with Crippen LogP contribution >= 0.6 is 0 Å². The Labute approximate surface area is 218 Å². The first-order valence-corrected chi connectivity index (χ1v) is 12.6. The maximum absolute atomic E-state index is 13.1. The normalized spacial score (nSPS) is 20.7. The highest BCUT2D eigenvalue weighted by atomic mass is 16.6. The van der Waals surface area contributed by atoms with Crippen molar-refractivity contribution in [3.05, 3.63) is 68.0 Å². The van der Waals surface area contributed by atoms with Gasteiger partial charge in [0, 0.05) is 26.1 Å². The minimum absolute atomic E-state index is 0.0505. The maximum Gasteiger partial charge on any atom is 0.330 e. The fraction of sp³-hybridized carbons (Fsp3) is 0.500. The molecule has 0 radical (unpaired) electrons. The lowest BCUT2D eigenvalue weighted by Gasteiger charge is -2.25. The van der Waals surface area contributed by atoms with Crippen LogP contribution in [0.1, 0.15) is 65.6 Å². The van der Waals surface area contributed by atoms with E-state index in [1.807, 2.05) is 0 Å². The summed E-state index contributed by atoms with van der Waals surface area (Å²) in [7, 11) is 0. The number of aromatic nitrogens is 2. The van der Waals surface area contributed by atoms with Crippen LogP contribution in [0.15, 0.2) is 40.1 Å². The van der Waals surface area contributed by atoms with Crippen molar-refractivity contribution in [2.24, 2.45) is 0 Å². The molecule has 1 N–H and O–H groups in total. The molecular weight excluding hydrogens is 498 g/mol. The molecule has 12 nitrogen and oxygen atoms in total. The summed E-state index contributed by atoms with van der Waals surface area (Å²) >= 11 is 0. The van der Waals surface area contributed by atoms with Crippen molar-refractivity contribution in [2.75, 3.05) is 26.4 Å². The maximum atomic E-state index is 13.1. The summed E-state index contributed by atoms with van der Waals surface area (Å²) in [4.78, 5) is 66.1. The molecule has 2 aliphatic heterocycles. The van der Waals surface area contributed by atoms with Crippen LogP contribution in [-0.4, -0.2) is 70.8 Å². The monoisotopic (exact) mass is 529 g/mol. The number of hydrogen-bond acceptors (Lipinski definition) is 9. The van der Waals surface area contributed by atoms with Crippen molar-refractivity contribution in [3.63, 3.8) is 0 Å². The van der Waals surface area contributed by atoms with Crippen molar-refractivity contribution in [1.29, 1.82) is 0 Å². The van der Waals surface area contributed by atoms with Gasteiger partial charge in [-0.05, 0) is 18.6 Å². The van der Waals surface area contributed by atoms with E-state index in [1.54, 1.807) is 24.3 Å². The van der Waals surface area contributed by atoms with E-state index in [0.29, 0.717) is 13.2 Å². The molecule has 0 saturated carbocycles. The van der Waals surface area contributed by atoms with Crippen LogP contribution in [0, 0.1) is 0 Å². The molecule has 38 heavy (non-hydrogen) atoms. The van der Waals surface area contributed by atoms with E-state index in [0.717, 1.165) is 17.7 Å². The van der Waals surface area contributed by atoms with E-state index in [4.69, 9.17) is 18.9 Å². The Kier molecular flexibility index (Phi) is 8.87. The Morgan fingerprint density at radius 3 is 2.39 bits per heavy atom. The van der Waals surface area contributed by atoms with Gasteiger partial charge in [-0.15, -0.1) is 0 Å². The van der Waals surface area contributed by atoms with Gasteiger partial charge in [-0.1, -0.05) is 25.5 Å². The highest BCUT2D eigenvalue weighted by molar-refractivity contribution is 6.21. The standard InChI is InChI=1S/C26H31N3O9/c1-3-4-9-35-10-11-36-14-17-13-28(26(34)27-23(17)31)22-12-20(21(38-22)15-37-16(2)30)29-24(32)18-7-5-6-8-19(18)25(29)33/h5-8,13,20-22H,3-4,9-12,14-15H2,1-2H3,(H,27,31,34)/t20-,21+,22+/m0/s1. The van der Waals surface area contributed by atoms with Crippen LogP contribution in [0.4, 0.5) is 0 Å². The Hall–Kier alpha value is -3.61. The molecule has 1 aromatic heterocycles. The van der Waals surface area contributed by atoms with E-state index in [-0.39, 0.29) is 42.9 Å². The predicted molar refractivity (Wildman–Crippen MR) is 133 cm³/mol. The molecular formula is C26H31N3O9. The molecule has 0 spiro atoms. The van der Waals surface area contributed by atoms with Gasteiger partial charge >= 0.3 is 11.7 Å². The van der Waals surface area contributed by atoms with Gasteiger partial charge in [0.25, 0.3) is 17.4 Å². The Morgan fingerprint density at radius 2 is 1.74 bits per heavy atom. The molecule has 0 bridgehead atoms. The molecule has 2 amide bonds. The fourth-order valence-electron chi connectivity index (χ4n) is 4.51. The molecule has 1 aromatic carbocycles. The molecule has 204 valence electrons. The molecule has 0 unspecified atom stereocenters. The van der Waals surface area contributed by atoms with Crippen LogP contribution in [0.2, 0.25) is 0 Å². The van der Waals surface area contributed by atoms with Gasteiger partial charge in [0.15, 0.2) is 0 Å². The first-order chi connectivity index (χ1) is 18.3. The number of carbonyl (C=O) groups excluding carboxylic acids is 3. The quantitative estimate of drug-likeness (QED) is 0.245. The molecule has 3 atom stereocenters. The van der Waals surface area contributed by atoms with Crippen molar-refractivity contribution < 1.29 is 33.3 Å². The van der Waals surface area contributed by atoms with E-state index in [9.17, 15) is 24.0 Å². The van der Waals surface area contributed by atoms with Gasteiger partial charge in [-0.25, -0.2) is 4.79 Å². The number of H-pyrrole nitrogens is 1. The number of hydrogen-bond donors (Lipinski definition) is 1. The van der Waals surface area contributed by atoms with Crippen molar-refractivity contribution in [3.8, 4) is 0 Å². The first kappa shape index (κ1) is 27.4. The SMILES string of the molecule is CCCCOCCOCc1cn([C@H]2C[C@H](N3C(=O)c4ccccc4C3=O)[C@@H](COC(C)=O)O2)c(=O)[nH]c1=O.